The van der Waals surface area contributed by atoms with E-state index in [9.17, 15) is 5.11 Å². The molecule has 2 heteroatoms. The monoisotopic (exact) mass is 168 g/mol. The number of epoxide rings is 1. The van der Waals surface area contributed by atoms with Gasteiger partial charge in [-0.3, -0.25) is 0 Å². The van der Waals surface area contributed by atoms with Gasteiger partial charge in [-0.1, -0.05) is 6.58 Å². The topological polar surface area (TPSA) is 32.8 Å². The van der Waals surface area contributed by atoms with Gasteiger partial charge in [-0.2, -0.15) is 0 Å². The Balaban J connectivity index is 2.10. The van der Waals surface area contributed by atoms with Gasteiger partial charge in [0.2, 0.25) is 0 Å². The SMILES string of the molecule is C=C(C)[C@@]1(O)CC[C@@]2(C)O[C@H]2C1. The molecule has 68 valence electrons. The summed E-state index contributed by atoms with van der Waals surface area (Å²) in [7, 11) is 0. The number of rotatable bonds is 1. The van der Waals surface area contributed by atoms with Crippen molar-refractivity contribution in [3.63, 3.8) is 0 Å². The van der Waals surface area contributed by atoms with E-state index in [2.05, 4.69) is 13.5 Å². The van der Waals surface area contributed by atoms with Gasteiger partial charge >= 0.3 is 0 Å². The third kappa shape index (κ3) is 1.02. The normalized spacial score (nSPS) is 51.4. The van der Waals surface area contributed by atoms with Gasteiger partial charge in [-0.25, -0.2) is 0 Å². The Morgan fingerprint density at radius 3 is 2.75 bits per heavy atom. The first-order valence-corrected chi connectivity index (χ1v) is 4.52. The molecular formula is C10H16O2. The van der Waals surface area contributed by atoms with Crippen molar-refractivity contribution in [2.75, 3.05) is 0 Å². The Bertz CT molecular complexity index is 236. The van der Waals surface area contributed by atoms with E-state index >= 15 is 0 Å². The van der Waals surface area contributed by atoms with Crippen LogP contribution in [0.2, 0.25) is 0 Å². The summed E-state index contributed by atoms with van der Waals surface area (Å²) >= 11 is 0. The summed E-state index contributed by atoms with van der Waals surface area (Å²) in [6, 6.07) is 0. The maximum Gasteiger partial charge on any atom is 0.0922 e. The third-order valence-electron chi connectivity index (χ3n) is 3.39. The first-order valence-electron chi connectivity index (χ1n) is 4.52. The second kappa shape index (κ2) is 2.12. The average molecular weight is 168 g/mol. The minimum atomic E-state index is -0.652. The van der Waals surface area contributed by atoms with E-state index in [-0.39, 0.29) is 11.7 Å². The zero-order chi connectivity index (χ0) is 8.98. The van der Waals surface area contributed by atoms with Gasteiger partial charge < -0.3 is 9.84 Å². The molecule has 0 unspecified atom stereocenters. The highest BCUT2D eigenvalue weighted by Crippen LogP contribution is 2.51. The fourth-order valence-electron chi connectivity index (χ4n) is 2.02. The number of fused-ring (bicyclic) bond motifs is 1. The van der Waals surface area contributed by atoms with Crippen LogP contribution in [-0.4, -0.2) is 22.4 Å². The summed E-state index contributed by atoms with van der Waals surface area (Å²) in [6.45, 7) is 7.84. The molecule has 2 rings (SSSR count). The van der Waals surface area contributed by atoms with Crippen molar-refractivity contribution < 1.29 is 9.84 Å². The van der Waals surface area contributed by atoms with Gasteiger partial charge in [0.15, 0.2) is 0 Å². The van der Waals surface area contributed by atoms with Crippen molar-refractivity contribution in [1.29, 1.82) is 0 Å². The van der Waals surface area contributed by atoms with E-state index in [1.165, 1.54) is 0 Å². The first-order chi connectivity index (χ1) is 5.46. The predicted molar refractivity (Wildman–Crippen MR) is 46.9 cm³/mol. The van der Waals surface area contributed by atoms with Crippen LogP contribution < -0.4 is 0 Å². The predicted octanol–water partition coefficient (Wildman–Crippen LogP) is 1.64. The lowest BCUT2D eigenvalue weighted by atomic mass is 9.76. The molecule has 0 aromatic rings. The number of hydrogen-bond donors (Lipinski definition) is 1. The van der Waals surface area contributed by atoms with Gasteiger partial charge in [0.05, 0.1) is 17.3 Å². The largest absolute Gasteiger partial charge is 0.385 e. The molecule has 0 amide bonds. The van der Waals surface area contributed by atoms with Crippen molar-refractivity contribution in [3.8, 4) is 0 Å². The average Bonchev–Trinajstić information content (AvgIpc) is 2.60. The van der Waals surface area contributed by atoms with Crippen LogP contribution in [0.25, 0.3) is 0 Å². The fourth-order valence-corrected chi connectivity index (χ4v) is 2.02. The van der Waals surface area contributed by atoms with E-state index in [1.807, 2.05) is 6.92 Å². The first kappa shape index (κ1) is 8.27. The maximum atomic E-state index is 10.1. The second-order valence-corrected chi connectivity index (χ2v) is 4.44. The molecule has 2 nitrogen and oxygen atoms in total. The van der Waals surface area contributed by atoms with E-state index in [0.29, 0.717) is 0 Å². The van der Waals surface area contributed by atoms with E-state index < -0.39 is 5.60 Å². The molecule has 2 aliphatic rings. The number of aliphatic hydroxyl groups is 1. The fraction of sp³-hybridized carbons (Fsp3) is 0.800. The Morgan fingerprint density at radius 1 is 1.58 bits per heavy atom. The minimum Gasteiger partial charge on any atom is -0.385 e. The lowest BCUT2D eigenvalue weighted by molar-refractivity contribution is 0.0422. The molecule has 0 aromatic carbocycles. The van der Waals surface area contributed by atoms with Gasteiger partial charge in [0.25, 0.3) is 0 Å². The van der Waals surface area contributed by atoms with E-state index in [1.54, 1.807) is 0 Å². The molecule has 1 aliphatic heterocycles. The highest BCUT2D eigenvalue weighted by Gasteiger charge is 2.59. The molecule has 1 saturated carbocycles. The van der Waals surface area contributed by atoms with Gasteiger partial charge in [0.1, 0.15) is 0 Å². The van der Waals surface area contributed by atoms with Crippen LogP contribution in [0.4, 0.5) is 0 Å². The Morgan fingerprint density at radius 2 is 2.25 bits per heavy atom. The van der Waals surface area contributed by atoms with Crippen molar-refractivity contribution in [2.45, 2.75) is 50.4 Å². The van der Waals surface area contributed by atoms with Crippen LogP contribution in [0, 0.1) is 0 Å². The summed E-state index contributed by atoms with van der Waals surface area (Å²) in [5.74, 6) is 0. The van der Waals surface area contributed by atoms with Crippen LogP contribution in [0.3, 0.4) is 0 Å². The Hall–Kier alpha value is -0.340. The number of hydrogen-bond acceptors (Lipinski definition) is 2. The molecule has 2 fully saturated rings. The molecule has 1 saturated heterocycles. The van der Waals surface area contributed by atoms with Crippen LogP contribution >= 0.6 is 0 Å². The Kier molecular flexibility index (Phi) is 1.46. The highest BCUT2D eigenvalue weighted by atomic mass is 16.6. The van der Waals surface area contributed by atoms with Crippen LogP contribution in [0.5, 0.6) is 0 Å². The molecule has 0 spiro atoms. The smallest absolute Gasteiger partial charge is 0.0922 e. The van der Waals surface area contributed by atoms with Crippen molar-refractivity contribution >= 4 is 0 Å². The van der Waals surface area contributed by atoms with Crippen LogP contribution in [0.15, 0.2) is 12.2 Å². The molecule has 3 atom stereocenters. The quantitative estimate of drug-likeness (QED) is 0.477. The summed E-state index contributed by atoms with van der Waals surface area (Å²) < 4.78 is 5.51. The standard InChI is InChI=1S/C10H16O2/c1-7(2)10(11)5-4-9(3)8(6-10)12-9/h8,11H,1,4-6H2,2-3H3/t8-,9+,10+/m0/s1. The third-order valence-corrected chi connectivity index (χ3v) is 3.39. The number of ether oxygens (including phenoxy) is 1. The lowest BCUT2D eigenvalue weighted by Crippen LogP contribution is -2.38. The van der Waals surface area contributed by atoms with Crippen LogP contribution in [0.1, 0.15) is 33.1 Å². The summed E-state index contributed by atoms with van der Waals surface area (Å²) in [5, 5.41) is 10.1. The zero-order valence-electron chi connectivity index (χ0n) is 7.76. The molecule has 1 N–H and O–H groups in total. The molecule has 1 heterocycles. The minimum absolute atomic E-state index is 0.0850. The lowest BCUT2D eigenvalue weighted by Gasteiger charge is -2.32. The summed E-state index contributed by atoms with van der Waals surface area (Å²) in [5.41, 5.74) is 0.308. The van der Waals surface area contributed by atoms with Crippen LogP contribution in [-0.2, 0) is 4.74 Å². The molecular weight excluding hydrogens is 152 g/mol. The zero-order valence-corrected chi connectivity index (χ0v) is 7.76. The summed E-state index contributed by atoms with van der Waals surface area (Å²) in [6.07, 6.45) is 2.77. The molecule has 0 radical (unpaired) electrons. The Labute approximate surface area is 73.2 Å². The van der Waals surface area contributed by atoms with E-state index in [4.69, 9.17) is 4.74 Å². The molecule has 12 heavy (non-hydrogen) atoms. The maximum absolute atomic E-state index is 10.1. The van der Waals surface area contributed by atoms with Crippen molar-refractivity contribution in [3.05, 3.63) is 12.2 Å². The highest BCUT2D eigenvalue weighted by molar-refractivity contribution is 5.18. The van der Waals surface area contributed by atoms with Crippen molar-refractivity contribution in [1.82, 2.24) is 0 Å². The molecule has 0 bridgehead atoms. The van der Waals surface area contributed by atoms with E-state index in [0.717, 1.165) is 24.8 Å². The van der Waals surface area contributed by atoms with Gasteiger partial charge in [-0.15, -0.1) is 0 Å². The van der Waals surface area contributed by atoms with Gasteiger partial charge in [-0.05, 0) is 32.3 Å². The molecule has 1 aliphatic carbocycles. The molecule has 0 aromatic heterocycles. The summed E-state index contributed by atoms with van der Waals surface area (Å²) in [4.78, 5) is 0. The van der Waals surface area contributed by atoms with Gasteiger partial charge in [0, 0.05) is 6.42 Å². The van der Waals surface area contributed by atoms with Crippen molar-refractivity contribution in [2.24, 2.45) is 0 Å². The second-order valence-electron chi connectivity index (χ2n) is 4.44.